The summed E-state index contributed by atoms with van der Waals surface area (Å²) in [7, 11) is 2.09. The molecule has 1 unspecified atom stereocenters. The standard InChI is InChI=1S/C8H18N6/c1-14-4-2-3-6(14)5-12-8(11)13-7(9)10/h6H,2-5H2,1H3,(H6,9,10,11,12,13). The fraction of sp³-hybridized carbons (Fsp3) is 0.750. The van der Waals surface area contributed by atoms with Gasteiger partial charge in [-0.05, 0) is 26.4 Å². The summed E-state index contributed by atoms with van der Waals surface area (Å²) in [6.45, 7) is 1.79. The van der Waals surface area contributed by atoms with Crippen LogP contribution in [-0.2, 0) is 0 Å². The molecule has 1 aliphatic rings. The zero-order valence-corrected chi connectivity index (χ0v) is 8.48. The third kappa shape index (κ3) is 3.21. The molecule has 14 heavy (non-hydrogen) atoms. The fourth-order valence-corrected chi connectivity index (χ4v) is 1.58. The number of likely N-dealkylation sites (N-methyl/N-ethyl adjacent to an activating group) is 1. The van der Waals surface area contributed by atoms with Gasteiger partial charge in [-0.15, -0.1) is 0 Å². The molecule has 0 spiro atoms. The molecule has 1 heterocycles. The Balaban J connectivity index is 2.41. The Hall–Kier alpha value is -1.30. The van der Waals surface area contributed by atoms with Gasteiger partial charge in [0.15, 0.2) is 5.96 Å². The van der Waals surface area contributed by atoms with Crippen molar-refractivity contribution in [1.82, 2.24) is 4.90 Å². The summed E-state index contributed by atoms with van der Waals surface area (Å²) >= 11 is 0. The molecule has 6 N–H and O–H groups in total. The van der Waals surface area contributed by atoms with E-state index in [2.05, 4.69) is 21.9 Å². The summed E-state index contributed by atoms with van der Waals surface area (Å²) in [6.07, 6.45) is 2.38. The lowest BCUT2D eigenvalue weighted by Crippen LogP contribution is -2.30. The Morgan fingerprint density at radius 1 is 1.43 bits per heavy atom. The first kappa shape index (κ1) is 10.8. The van der Waals surface area contributed by atoms with Gasteiger partial charge in [0.2, 0.25) is 5.96 Å². The molecular formula is C8H18N6. The number of hydrogen-bond acceptors (Lipinski definition) is 2. The van der Waals surface area contributed by atoms with Gasteiger partial charge in [-0.3, -0.25) is 0 Å². The van der Waals surface area contributed by atoms with Gasteiger partial charge in [0.1, 0.15) is 0 Å². The number of nitrogens with zero attached hydrogens (tertiary/aromatic N) is 3. The van der Waals surface area contributed by atoms with E-state index >= 15 is 0 Å². The van der Waals surface area contributed by atoms with Crippen molar-refractivity contribution in [2.45, 2.75) is 18.9 Å². The normalized spacial score (nSPS) is 23.8. The van der Waals surface area contributed by atoms with E-state index in [-0.39, 0.29) is 11.9 Å². The highest BCUT2D eigenvalue weighted by molar-refractivity contribution is 5.92. The molecule has 0 aromatic rings. The Morgan fingerprint density at radius 3 is 2.64 bits per heavy atom. The number of aliphatic imine (C=N–C) groups is 2. The Morgan fingerprint density at radius 2 is 2.14 bits per heavy atom. The summed E-state index contributed by atoms with van der Waals surface area (Å²) in [5.41, 5.74) is 15.8. The molecule has 1 rings (SSSR count). The summed E-state index contributed by atoms with van der Waals surface area (Å²) in [4.78, 5) is 10.0. The smallest absolute Gasteiger partial charge is 0.218 e. The molecule has 0 aromatic heterocycles. The van der Waals surface area contributed by atoms with Crippen molar-refractivity contribution in [3.8, 4) is 0 Å². The van der Waals surface area contributed by atoms with Crippen molar-refractivity contribution in [2.24, 2.45) is 27.2 Å². The van der Waals surface area contributed by atoms with Crippen LogP contribution in [0.25, 0.3) is 0 Å². The Labute approximate surface area is 83.9 Å². The van der Waals surface area contributed by atoms with Crippen LogP contribution in [0.15, 0.2) is 9.98 Å². The number of nitrogens with two attached hydrogens (primary N) is 3. The van der Waals surface area contributed by atoms with E-state index in [1.165, 1.54) is 6.42 Å². The Kier molecular flexibility index (Phi) is 3.70. The quantitative estimate of drug-likeness (QED) is 0.377. The average molecular weight is 198 g/mol. The van der Waals surface area contributed by atoms with E-state index in [4.69, 9.17) is 17.2 Å². The van der Waals surface area contributed by atoms with Crippen LogP contribution in [0.4, 0.5) is 0 Å². The predicted octanol–water partition coefficient (Wildman–Crippen LogP) is -1.33. The van der Waals surface area contributed by atoms with E-state index in [9.17, 15) is 0 Å². The molecule has 0 aliphatic carbocycles. The third-order valence-corrected chi connectivity index (χ3v) is 2.38. The molecule has 80 valence electrons. The van der Waals surface area contributed by atoms with Crippen molar-refractivity contribution in [2.75, 3.05) is 20.1 Å². The molecule has 0 aromatic carbocycles. The zero-order chi connectivity index (χ0) is 10.6. The molecule has 6 heteroatoms. The van der Waals surface area contributed by atoms with Crippen molar-refractivity contribution < 1.29 is 0 Å². The molecular weight excluding hydrogens is 180 g/mol. The van der Waals surface area contributed by atoms with Gasteiger partial charge in [-0.1, -0.05) is 0 Å². The van der Waals surface area contributed by atoms with E-state index < -0.39 is 0 Å². The molecule has 0 radical (unpaired) electrons. The molecule has 0 saturated carbocycles. The second-order valence-corrected chi connectivity index (χ2v) is 3.51. The second-order valence-electron chi connectivity index (χ2n) is 3.51. The second kappa shape index (κ2) is 4.80. The van der Waals surface area contributed by atoms with Crippen LogP contribution in [0, 0.1) is 0 Å². The van der Waals surface area contributed by atoms with Crippen LogP contribution < -0.4 is 17.2 Å². The summed E-state index contributed by atoms with van der Waals surface area (Å²) in [5, 5.41) is 0. The molecule has 0 amide bonds. The van der Waals surface area contributed by atoms with Crippen molar-refractivity contribution in [3.05, 3.63) is 0 Å². The van der Waals surface area contributed by atoms with Crippen LogP contribution >= 0.6 is 0 Å². The van der Waals surface area contributed by atoms with Crippen LogP contribution in [0.3, 0.4) is 0 Å². The van der Waals surface area contributed by atoms with E-state index in [1.807, 2.05) is 0 Å². The first-order valence-electron chi connectivity index (χ1n) is 4.69. The lowest BCUT2D eigenvalue weighted by Gasteiger charge is -2.16. The molecule has 1 atom stereocenters. The highest BCUT2D eigenvalue weighted by Gasteiger charge is 2.19. The van der Waals surface area contributed by atoms with Crippen LogP contribution in [-0.4, -0.2) is 43.0 Å². The fourth-order valence-electron chi connectivity index (χ4n) is 1.58. The molecule has 6 nitrogen and oxygen atoms in total. The number of rotatable bonds is 2. The maximum Gasteiger partial charge on any atom is 0.218 e. The van der Waals surface area contributed by atoms with Crippen LogP contribution in [0.5, 0.6) is 0 Å². The molecule has 1 aliphatic heterocycles. The number of hydrogen-bond donors (Lipinski definition) is 3. The number of guanidine groups is 2. The van der Waals surface area contributed by atoms with Gasteiger partial charge < -0.3 is 22.1 Å². The van der Waals surface area contributed by atoms with Crippen LogP contribution in [0.2, 0.25) is 0 Å². The van der Waals surface area contributed by atoms with Gasteiger partial charge >= 0.3 is 0 Å². The van der Waals surface area contributed by atoms with Gasteiger partial charge in [0.25, 0.3) is 0 Å². The Bertz CT molecular complexity index is 242. The van der Waals surface area contributed by atoms with E-state index in [1.54, 1.807) is 0 Å². The highest BCUT2D eigenvalue weighted by atomic mass is 15.2. The summed E-state index contributed by atoms with van der Waals surface area (Å²) in [5.74, 6) is 0.108. The minimum Gasteiger partial charge on any atom is -0.370 e. The van der Waals surface area contributed by atoms with E-state index in [0.717, 1.165) is 13.0 Å². The topological polar surface area (TPSA) is 106 Å². The monoisotopic (exact) mass is 198 g/mol. The average Bonchev–Trinajstić information content (AvgIpc) is 2.46. The minimum absolute atomic E-state index is 0.0500. The summed E-state index contributed by atoms with van der Waals surface area (Å²) < 4.78 is 0. The highest BCUT2D eigenvalue weighted by Crippen LogP contribution is 2.14. The third-order valence-electron chi connectivity index (χ3n) is 2.38. The SMILES string of the molecule is CN1CCCC1CN=C(N)N=C(N)N. The number of likely N-dealkylation sites (tertiary alicyclic amines) is 1. The zero-order valence-electron chi connectivity index (χ0n) is 8.48. The first-order valence-corrected chi connectivity index (χ1v) is 4.69. The van der Waals surface area contributed by atoms with Gasteiger partial charge in [-0.25, -0.2) is 4.99 Å². The van der Waals surface area contributed by atoms with Crippen molar-refractivity contribution >= 4 is 11.9 Å². The van der Waals surface area contributed by atoms with Gasteiger partial charge in [0, 0.05) is 6.04 Å². The van der Waals surface area contributed by atoms with Gasteiger partial charge in [-0.2, -0.15) is 4.99 Å². The van der Waals surface area contributed by atoms with E-state index in [0.29, 0.717) is 12.6 Å². The maximum atomic E-state index is 5.48. The predicted molar refractivity (Wildman–Crippen MR) is 58.0 cm³/mol. The molecule has 0 bridgehead atoms. The molecule has 1 saturated heterocycles. The summed E-state index contributed by atoms with van der Waals surface area (Å²) in [6, 6.07) is 0.475. The largest absolute Gasteiger partial charge is 0.370 e. The van der Waals surface area contributed by atoms with Gasteiger partial charge in [0.05, 0.1) is 6.54 Å². The van der Waals surface area contributed by atoms with Crippen LogP contribution in [0.1, 0.15) is 12.8 Å². The minimum atomic E-state index is -0.0500. The lowest BCUT2D eigenvalue weighted by molar-refractivity contribution is 0.317. The maximum absolute atomic E-state index is 5.48. The first-order chi connectivity index (χ1) is 6.59. The van der Waals surface area contributed by atoms with Crippen molar-refractivity contribution in [1.29, 1.82) is 0 Å². The lowest BCUT2D eigenvalue weighted by atomic mass is 10.2. The molecule has 1 fully saturated rings. The van der Waals surface area contributed by atoms with Crippen molar-refractivity contribution in [3.63, 3.8) is 0 Å².